The van der Waals surface area contributed by atoms with Gasteiger partial charge in [0, 0.05) is 38.6 Å². The number of benzene rings is 1. The number of rotatable bonds is 6. The van der Waals surface area contributed by atoms with Crippen LogP contribution in [0.3, 0.4) is 0 Å². The first-order valence-electron chi connectivity index (χ1n) is 11.1. The highest BCUT2D eigenvalue weighted by atomic mass is 16.5. The van der Waals surface area contributed by atoms with Gasteiger partial charge in [0.05, 0.1) is 25.5 Å². The monoisotopic (exact) mass is 425 g/mol. The third-order valence-electron chi connectivity index (χ3n) is 6.23. The zero-order valence-electron chi connectivity index (χ0n) is 18.1. The molecular weight excluding hydrogens is 394 g/mol. The fourth-order valence-corrected chi connectivity index (χ4v) is 4.27. The smallest absolute Gasteiger partial charge is 0.289 e. The number of piperidine rings is 1. The van der Waals surface area contributed by atoms with Gasteiger partial charge in [-0.25, -0.2) is 0 Å². The number of ether oxygens (including phenoxy) is 1. The molecule has 7 nitrogen and oxygen atoms in total. The standard InChI is InChI=1S/C24H31N3O4/c1-18-4-6-19(7-5-18)21(17-26-12-15-30-16-13-26)25-23(28)20-8-10-27(11-9-20)24(29)22-3-2-14-31-22/h2-7,14,20-21H,8-13,15-17H2,1H3,(H,25,28). The fourth-order valence-electron chi connectivity index (χ4n) is 4.27. The predicted molar refractivity (Wildman–Crippen MR) is 117 cm³/mol. The summed E-state index contributed by atoms with van der Waals surface area (Å²) >= 11 is 0. The van der Waals surface area contributed by atoms with E-state index in [4.69, 9.17) is 9.15 Å². The minimum absolute atomic E-state index is 0.0611. The van der Waals surface area contributed by atoms with Crippen molar-refractivity contribution in [1.82, 2.24) is 15.1 Å². The molecule has 2 saturated heterocycles. The molecule has 2 aromatic rings. The number of hydrogen-bond acceptors (Lipinski definition) is 5. The number of nitrogens with one attached hydrogen (secondary N) is 1. The van der Waals surface area contributed by atoms with Crippen molar-refractivity contribution in [2.45, 2.75) is 25.8 Å². The van der Waals surface area contributed by atoms with E-state index in [0.717, 1.165) is 38.4 Å². The maximum absolute atomic E-state index is 13.1. The number of carbonyl (C=O) groups is 2. The van der Waals surface area contributed by atoms with Gasteiger partial charge in [-0.3, -0.25) is 14.5 Å². The molecule has 166 valence electrons. The van der Waals surface area contributed by atoms with E-state index in [2.05, 4.69) is 41.4 Å². The molecule has 2 fully saturated rings. The first-order chi connectivity index (χ1) is 15.1. The van der Waals surface area contributed by atoms with Crippen LogP contribution >= 0.6 is 0 Å². The fraction of sp³-hybridized carbons (Fsp3) is 0.500. The third kappa shape index (κ3) is 5.54. The van der Waals surface area contributed by atoms with Gasteiger partial charge < -0.3 is 19.4 Å². The van der Waals surface area contributed by atoms with E-state index in [9.17, 15) is 9.59 Å². The molecule has 3 heterocycles. The van der Waals surface area contributed by atoms with Crippen LogP contribution < -0.4 is 5.32 Å². The van der Waals surface area contributed by atoms with Gasteiger partial charge in [-0.15, -0.1) is 0 Å². The van der Waals surface area contributed by atoms with Crippen molar-refractivity contribution >= 4 is 11.8 Å². The van der Waals surface area contributed by atoms with E-state index in [1.165, 1.54) is 11.8 Å². The van der Waals surface area contributed by atoms with E-state index in [-0.39, 0.29) is 23.8 Å². The molecule has 2 amide bonds. The van der Waals surface area contributed by atoms with Crippen molar-refractivity contribution in [3.8, 4) is 0 Å². The number of nitrogens with zero attached hydrogens (tertiary/aromatic N) is 2. The number of morpholine rings is 1. The number of hydrogen-bond donors (Lipinski definition) is 1. The Morgan fingerprint density at radius 1 is 1.06 bits per heavy atom. The lowest BCUT2D eigenvalue weighted by molar-refractivity contribution is -0.127. The van der Waals surface area contributed by atoms with Crippen LogP contribution in [0.4, 0.5) is 0 Å². The van der Waals surface area contributed by atoms with Gasteiger partial charge in [0.1, 0.15) is 0 Å². The second kappa shape index (κ2) is 10.1. The zero-order valence-corrected chi connectivity index (χ0v) is 18.1. The molecule has 2 aliphatic rings. The Bertz CT molecular complexity index is 851. The minimum atomic E-state index is -0.103. The molecule has 1 aromatic carbocycles. The van der Waals surface area contributed by atoms with Crippen molar-refractivity contribution in [1.29, 1.82) is 0 Å². The topological polar surface area (TPSA) is 75.0 Å². The Morgan fingerprint density at radius 2 is 1.77 bits per heavy atom. The third-order valence-corrected chi connectivity index (χ3v) is 6.23. The first-order valence-corrected chi connectivity index (χ1v) is 11.1. The number of furan rings is 1. The molecule has 31 heavy (non-hydrogen) atoms. The molecule has 7 heteroatoms. The van der Waals surface area contributed by atoms with Crippen LogP contribution in [0.1, 0.15) is 40.6 Å². The second-order valence-electron chi connectivity index (χ2n) is 8.43. The van der Waals surface area contributed by atoms with Crippen LogP contribution in [0.5, 0.6) is 0 Å². The number of likely N-dealkylation sites (tertiary alicyclic amines) is 1. The first kappa shape index (κ1) is 21.6. The van der Waals surface area contributed by atoms with E-state index in [0.29, 0.717) is 31.7 Å². The molecule has 2 aliphatic heterocycles. The quantitative estimate of drug-likeness (QED) is 0.770. The van der Waals surface area contributed by atoms with Gasteiger partial charge in [0.2, 0.25) is 5.91 Å². The van der Waals surface area contributed by atoms with Crippen molar-refractivity contribution in [3.05, 3.63) is 59.5 Å². The number of carbonyl (C=O) groups excluding carboxylic acids is 2. The lowest BCUT2D eigenvalue weighted by Crippen LogP contribution is -2.46. The lowest BCUT2D eigenvalue weighted by atomic mass is 9.94. The molecule has 0 spiro atoms. The molecule has 1 unspecified atom stereocenters. The summed E-state index contributed by atoms with van der Waals surface area (Å²) in [4.78, 5) is 29.7. The highest BCUT2D eigenvalue weighted by Gasteiger charge is 2.30. The van der Waals surface area contributed by atoms with Gasteiger partial charge in [-0.1, -0.05) is 29.8 Å². The predicted octanol–water partition coefficient (Wildman–Crippen LogP) is 2.63. The van der Waals surface area contributed by atoms with Crippen molar-refractivity contribution < 1.29 is 18.7 Å². The average Bonchev–Trinajstić information content (AvgIpc) is 3.34. The van der Waals surface area contributed by atoms with Crippen LogP contribution in [-0.2, 0) is 9.53 Å². The van der Waals surface area contributed by atoms with Gasteiger partial charge in [0.15, 0.2) is 5.76 Å². The minimum Gasteiger partial charge on any atom is -0.459 e. The van der Waals surface area contributed by atoms with E-state index < -0.39 is 0 Å². The molecule has 1 aromatic heterocycles. The Morgan fingerprint density at radius 3 is 2.42 bits per heavy atom. The van der Waals surface area contributed by atoms with Crippen LogP contribution in [0.25, 0.3) is 0 Å². The van der Waals surface area contributed by atoms with Crippen LogP contribution in [0.2, 0.25) is 0 Å². The summed E-state index contributed by atoms with van der Waals surface area (Å²) in [6.07, 6.45) is 2.83. The van der Waals surface area contributed by atoms with E-state index >= 15 is 0 Å². The summed E-state index contributed by atoms with van der Waals surface area (Å²) in [6.45, 7) is 7.20. The summed E-state index contributed by atoms with van der Waals surface area (Å²) in [6, 6.07) is 11.7. The van der Waals surface area contributed by atoms with Gasteiger partial charge in [-0.2, -0.15) is 0 Å². The van der Waals surface area contributed by atoms with Gasteiger partial charge >= 0.3 is 0 Å². The summed E-state index contributed by atoms with van der Waals surface area (Å²) < 4.78 is 10.7. The largest absolute Gasteiger partial charge is 0.459 e. The van der Waals surface area contributed by atoms with Crippen LogP contribution in [0, 0.1) is 12.8 Å². The van der Waals surface area contributed by atoms with Crippen molar-refractivity contribution in [2.24, 2.45) is 5.92 Å². The highest BCUT2D eigenvalue weighted by Crippen LogP contribution is 2.22. The average molecular weight is 426 g/mol. The Labute approximate surface area is 183 Å². The van der Waals surface area contributed by atoms with Crippen molar-refractivity contribution in [2.75, 3.05) is 45.9 Å². The Balaban J connectivity index is 1.36. The molecule has 1 N–H and O–H groups in total. The molecule has 4 rings (SSSR count). The summed E-state index contributed by atoms with van der Waals surface area (Å²) in [5.74, 6) is 0.240. The van der Waals surface area contributed by atoms with E-state index in [1.807, 2.05) is 0 Å². The highest BCUT2D eigenvalue weighted by molar-refractivity contribution is 5.91. The zero-order chi connectivity index (χ0) is 21.6. The molecule has 0 bridgehead atoms. The molecular formula is C24H31N3O4. The Kier molecular flexibility index (Phi) is 7.04. The normalized spacial score (nSPS) is 19.2. The Hall–Kier alpha value is -2.64. The van der Waals surface area contributed by atoms with Crippen LogP contribution in [-0.4, -0.2) is 67.6 Å². The molecule has 0 radical (unpaired) electrons. The number of aryl methyl sites for hydroxylation is 1. The van der Waals surface area contributed by atoms with Crippen molar-refractivity contribution in [3.63, 3.8) is 0 Å². The number of amides is 2. The molecule has 1 atom stereocenters. The van der Waals surface area contributed by atoms with Gasteiger partial charge in [-0.05, 0) is 37.5 Å². The van der Waals surface area contributed by atoms with E-state index in [1.54, 1.807) is 17.0 Å². The summed E-state index contributed by atoms with van der Waals surface area (Å²) in [5.41, 5.74) is 2.32. The SMILES string of the molecule is Cc1ccc(C(CN2CCOCC2)NC(=O)C2CCN(C(=O)c3ccco3)CC2)cc1. The molecule has 0 saturated carbocycles. The molecule has 0 aliphatic carbocycles. The maximum atomic E-state index is 13.1. The summed E-state index contributed by atoms with van der Waals surface area (Å²) in [5, 5.41) is 3.30. The second-order valence-corrected chi connectivity index (χ2v) is 8.43. The van der Waals surface area contributed by atoms with Gasteiger partial charge in [0.25, 0.3) is 5.91 Å². The summed E-state index contributed by atoms with van der Waals surface area (Å²) in [7, 11) is 0. The van der Waals surface area contributed by atoms with Crippen LogP contribution in [0.15, 0.2) is 47.1 Å². The lowest BCUT2D eigenvalue weighted by Gasteiger charge is -2.34. The maximum Gasteiger partial charge on any atom is 0.289 e.